The van der Waals surface area contributed by atoms with Crippen LogP contribution in [0.4, 0.5) is 10.1 Å². The number of halogens is 1. The lowest BCUT2D eigenvalue weighted by Gasteiger charge is -2.12. The summed E-state index contributed by atoms with van der Waals surface area (Å²) < 4.78 is 41.3. The van der Waals surface area contributed by atoms with Crippen molar-refractivity contribution in [1.82, 2.24) is 4.72 Å². The van der Waals surface area contributed by atoms with Crippen LogP contribution in [0, 0.1) is 17.1 Å². The number of nitrogen functional groups attached to an aromatic ring is 1. The Morgan fingerprint density at radius 1 is 1.47 bits per heavy atom. The molecule has 0 radical (unpaired) electrons. The van der Waals surface area contributed by atoms with Crippen LogP contribution in [0.15, 0.2) is 18.2 Å². The third-order valence-corrected chi connectivity index (χ3v) is 3.24. The van der Waals surface area contributed by atoms with Crippen molar-refractivity contribution in [2.75, 3.05) is 11.3 Å². The first-order valence-corrected chi connectivity index (χ1v) is 7.11. The molecule has 0 aromatic heterocycles. The summed E-state index contributed by atoms with van der Waals surface area (Å²) in [5, 5.41) is 7.16. The highest BCUT2D eigenvalue weighted by atomic mass is 32.2. The molecule has 0 saturated heterocycles. The van der Waals surface area contributed by atoms with E-state index < -0.39 is 16.0 Å². The molecule has 0 spiro atoms. The Morgan fingerprint density at radius 3 is 2.58 bits per heavy atom. The third kappa shape index (κ3) is 4.84. The third-order valence-electron chi connectivity index (χ3n) is 2.21. The van der Waals surface area contributed by atoms with Gasteiger partial charge in [0.15, 0.2) is 0 Å². The second-order valence-electron chi connectivity index (χ2n) is 4.46. The number of rotatable bonds is 6. The summed E-state index contributed by atoms with van der Waals surface area (Å²) in [5.41, 5.74) is 5.20. The Kier molecular flexibility index (Phi) is 4.84. The van der Waals surface area contributed by atoms with E-state index in [1.807, 2.05) is 13.8 Å². The number of nitrogens with one attached hydrogen (secondary N) is 3. The zero-order valence-electron chi connectivity index (χ0n) is 10.7. The second-order valence-corrected chi connectivity index (χ2v) is 5.96. The number of amidine groups is 1. The lowest BCUT2D eigenvalue weighted by molar-refractivity contribution is 0.563. The van der Waals surface area contributed by atoms with Crippen molar-refractivity contribution in [2.45, 2.75) is 13.8 Å². The van der Waals surface area contributed by atoms with Gasteiger partial charge in [-0.05, 0) is 24.1 Å². The maximum absolute atomic E-state index is 13.6. The van der Waals surface area contributed by atoms with E-state index in [2.05, 4.69) is 9.44 Å². The van der Waals surface area contributed by atoms with Gasteiger partial charge in [-0.2, -0.15) is 13.1 Å². The van der Waals surface area contributed by atoms with E-state index in [-0.39, 0.29) is 29.5 Å². The molecule has 0 heterocycles. The van der Waals surface area contributed by atoms with Crippen molar-refractivity contribution in [3.8, 4) is 0 Å². The normalized spacial score (nSPS) is 11.6. The molecular weight excluding hydrogens is 271 g/mol. The van der Waals surface area contributed by atoms with Gasteiger partial charge in [0.05, 0.1) is 5.69 Å². The van der Waals surface area contributed by atoms with Gasteiger partial charge in [0.2, 0.25) is 0 Å². The molecule has 106 valence electrons. The lowest BCUT2D eigenvalue weighted by Crippen LogP contribution is -2.33. The van der Waals surface area contributed by atoms with Crippen molar-refractivity contribution in [2.24, 2.45) is 11.7 Å². The summed E-state index contributed by atoms with van der Waals surface area (Å²) in [6.07, 6.45) is 0. The predicted octanol–water partition coefficient (Wildman–Crippen LogP) is 1.01. The number of nitrogens with two attached hydrogens (primary N) is 1. The first-order valence-electron chi connectivity index (χ1n) is 5.62. The average molecular weight is 288 g/mol. The highest BCUT2D eigenvalue weighted by Gasteiger charge is 2.13. The maximum Gasteiger partial charge on any atom is 0.299 e. The fourth-order valence-corrected chi connectivity index (χ4v) is 2.30. The van der Waals surface area contributed by atoms with Gasteiger partial charge in [-0.1, -0.05) is 13.8 Å². The molecule has 5 N–H and O–H groups in total. The SMILES string of the molecule is CC(C)CNS(=O)(=O)Nc1ccc(C(=N)N)cc1F. The predicted molar refractivity (Wildman–Crippen MR) is 72.8 cm³/mol. The number of hydrogen-bond donors (Lipinski definition) is 4. The van der Waals surface area contributed by atoms with Crippen LogP contribution in [0.1, 0.15) is 19.4 Å². The van der Waals surface area contributed by atoms with Gasteiger partial charge in [0, 0.05) is 12.1 Å². The summed E-state index contributed by atoms with van der Waals surface area (Å²) in [5.74, 6) is -0.935. The molecule has 1 aromatic carbocycles. The second kappa shape index (κ2) is 5.98. The summed E-state index contributed by atoms with van der Waals surface area (Å²) in [7, 11) is -3.81. The van der Waals surface area contributed by atoms with Crippen LogP contribution >= 0.6 is 0 Å². The van der Waals surface area contributed by atoms with Crippen LogP contribution in [0.2, 0.25) is 0 Å². The molecule has 0 saturated carbocycles. The maximum atomic E-state index is 13.6. The first kappa shape index (κ1) is 15.4. The van der Waals surface area contributed by atoms with Crippen molar-refractivity contribution in [3.63, 3.8) is 0 Å². The van der Waals surface area contributed by atoms with Crippen LogP contribution < -0.4 is 15.2 Å². The smallest absolute Gasteiger partial charge is 0.299 e. The molecule has 0 fully saturated rings. The monoisotopic (exact) mass is 288 g/mol. The summed E-state index contributed by atoms with van der Waals surface area (Å²) in [6, 6.07) is 3.59. The fourth-order valence-electron chi connectivity index (χ4n) is 1.22. The Hall–Kier alpha value is -1.67. The first-order chi connectivity index (χ1) is 8.71. The number of benzene rings is 1. The topological polar surface area (TPSA) is 108 Å². The number of anilines is 1. The quantitative estimate of drug-likeness (QED) is 0.463. The van der Waals surface area contributed by atoms with Gasteiger partial charge in [-0.3, -0.25) is 10.1 Å². The molecule has 8 heteroatoms. The largest absolute Gasteiger partial charge is 0.384 e. The molecule has 0 bridgehead atoms. The summed E-state index contributed by atoms with van der Waals surface area (Å²) in [6.45, 7) is 3.96. The molecule has 0 aliphatic heterocycles. The standard InChI is InChI=1S/C11H17FN4O2S/c1-7(2)6-15-19(17,18)16-10-4-3-8(11(13)14)5-9(10)12/h3-5,7,15-16H,6H2,1-2H3,(H3,13,14). The Morgan fingerprint density at radius 2 is 2.11 bits per heavy atom. The van der Waals surface area contributed by atoms with Crippen LogP contribution in [-0.4, -0.2) is 20.8 Å². The average Bonchev–Trinajstić information content (AvgIpc) is 2.29. The van der Waals surface area contributed by atoms with Crippen molar-refractivity contribution in [3.05, 3.63) is 29.6 Å². The van der Waals surface area contributed by atoms with E-state index in [1.54, 1.807) is 0 Å². The van der Waals surface area contributed by atoms with Gasteiger partial charge in [-0.15, -0.1) is 0 Å². The zero-order valence-corrected chi connectivity index (χ0v) is 11.5. The van der Waals surface area contributed by atoms with Crippen LogP contribution in [0.3, 0.4) is 0 Å². The molecule has 0 atom stereocenters. The molecule has 1 aromatic rings. The number of hydrogen-bond acceptors (Lipinski definition) is 3. The molecule has 0 amide bonds. The minimum atomic E-state index is -3.81. The van der Waals surface area contributed by atoms with Gasteiger partial charge < -0.3 is 5.73 Å². The van der Waals surface area contributed by atoms with Crippen molar-refractivity contribution < 1.29 is 12.8 Å². The summed E-state index contributed by atoms with van der Waals surface area (Å²) >= 11 is 0. The zero-order chi connectivity index (χ0) is 14.6. The lowest BCUT2D eigenvalue weighted by atomic mass is 10.2. The molecule has 0 unspecified atom stereocenters. The fraction of sp³-hybridized carbons (Fsp3) is 0.364. The van der Waals surface area contributed by atoms with E-state index in [0.29, 0.717) is 0 Å². The van der Waals surface area contributed by atoms with Crippen LogP contribution in [-0.2, 0) is 10.2 Å². The summed E-state index contributed by atoms with van der Waals surface area (Å²) in [4.78, 5) is 0. The minimum Gasteiger partial charge on any atom is -0.384 e. The Bertz CT molecular complexity index is 572. The van der Waals surface area contributed by atoms with Crippen LogP contribution in [0.5, 0.6) is 0 Å². The highest BCUT2D eigenvalue weighted by Crippen LogP contribution is 2.16. The van der Waals surface area contributed by atoms with Gasteiger partial charge in [-0.25, -0.2) is 4.39 Å². The van der Waals surface area contributed by atoms with E-state index in [4.69, 9.17) is 11.1 Å². The minimum absolute atomic E-state index is 0.140. The van der Waals surface area contributed by atoms with Gasteiger partial charge in [0.1, 0.15) is 11.7 Å². The van der Waals surface area contributed by atoms with E-state index in [9.17, 15) is 12.8 Å². The van der Waals surface area contributed by atoms with E-state index in [0.717, 1.165) is 6.07 Å². The van der Waals surface area contributed by atoms with E-state index in [1.165, 1.54) is 12.1 Å². The van der Waals surface area contributed by atoms with Crippen molar-refractivity contribution in [1.29, 1.82) is 5.41 Å². The van der Waals surface area contributed by atoms with E-state index >= 15 is 0 Å². The van der Waals surface area contributed by atoms with Crippen LogP contribution in [0.25, 0.3) is 0 Å². The van der Waals surface area contributed by atoms with Gasteiger partial charge >= 0.3 is 0 Å². The molecule has 0 aliphatic carbocycles. The molecule has 6 nitrogen and oxygen atoms in total. The molecule has 19 heavy (non-hydrogen) atoms. The molecular formula is C11H17FN4O2S. The van der Waals surface area contributed by atoms with Crippen molar-refractivity contribution >= 4 is 21.7 Å². The Balaban J connectivity index is 2.85. The van der Waals surface area contributed by atoms with Gasteiger partial charge in [0.25, 0.3) is 10.2 Å². The Labute approximate surface area is 111 Å². The molecule has 0 aliphatic rings. The highest BCUT2D eigenvalue weighted by molar-refractivity contribution is 7.90. The molecule has 1 rings (SSSR count).